The number of carbonyl (C=O) groups excluding carboxylic acids is 1. The summed E-state index contributed by atoms with van der Waals surface area (Å²) in [4.78, 5) is 12.7. The molecular weight excluding hydrogens is 380 g/mol. The third-order valence-electron chi connectivity index (χ3n) is 3.41. The first-order chi connectivity index (χ1) is 11.9. The van der Waals surface area contributed by atoms with Crippen LogP contribution in [0.3, 0.4) is 0 Å². The molecule has 8 heteroatoms. The molecule has 0 radical (unpaired) electrons. The summed E-state index contributed by atoms with van der Waals surface area (Å²) < 4.78 is 27.5. The molecule has 0 spiro atoms. The van der Waals surface area contributed by atoms with Gasteiger partial charge in [0.15, 0.2) is 0 Å². The van der Waals surface area contributed by atoms with Gasteiger partial charge in [0.05, 0.1) is 15.6 Å². The molecule has 25 heavy (non-hydrogen) atoms. The van der Waals surface area contributed by atoms with Gasteiger partial charge in [0.1, 0.15) is 6.04 Å². The van der Waals surface area contributed by atoms with Gasteiger partial charge in [-0.15, -0.1) is 0 Å². The molecule has 0 aliphatic heterocycles. The molecule has 1 unspecified atom stereocenters. The quantitative estimate of drug-likeness (QED) is 0.714. The molecule has 1 atom stereocenters. The highest BCUT2D eigenvalue weighted by atomic mass is 35.5. The van der Waals surface area contributed by atoms with Crippen molar-refractivity contribution in [3.05, 3.63) is 59.6 Å². The van der Waals surface area contributed by atoms with E-state index in [4.69, 9.17) is 11.6 Å². The molecule has 0 aliphatic carbocycles. The number of benzene rings is 2. The predicted molar refractivity (Wildman–Crippen MR) is 104 cm³/mol. The summed E-state index contributed by atoms with van der Waals surface area (Å²) >= 11 is 7.59. The van der Waals surface area contributed by atoms with Crippen molar-refractivity contribution in [3.63, 3.8) is 0 Å². The van der Waals surface area contributed by atoms with Crippen LogP contribution < -0.4 is 10.0 Å². The zero-order chi connectivity index (χ0) is 18.3. The lowest BCUT2D eigenvalue weighted by molar-refractivity contribution is -0.117. The Labute approximate surface area is 157 Å². The molecular formula is C17H19ClN2O3S2. The summed E-state index contributed by atoms with van der Waals surface area (Å²) in [6, 6.07) is 13.9. The second-order valence-electron chi connectivity index (χ2n) is 5.24. The van der Waals surface area contributed by atoms with E-state index in [0.29, 0.717) is 22.9 Å². The maximum absolute atomic E-state index is 12.6. The fraction of sp³-hybridized carbons (Fsp3) is 0.235. The number of hydrogen-bond acceptors (Lipinski definition) is 4. The normalized spacial score (nSPS) is 12.6. The van der Waals surface area contributed by atoms with Crippen molar-refractivity contribution in [1.82, 2.24) is 4.72 Å². The maximum Gasteiger partial charge on any atom is 0.242 e. The molecule has 0 bridgehead atoms. The van der Waals surface area contributed by atoms with Crippen molar-refractivity contribution in [2.45, 2.75) is 17.4 Å². The number of para-hydroxylation sites is 1. The van der Waals surface area contributed by atoms with Crippen molar-refractivity contribution in [3.8, 4) is 0 Å². The topological polar surface area (TPSA) is 75.3 Å². The number of anilines is 1. The first kappa shape index (κ1) is 19.8. The average Bonchev–Trinajstić information content (AvgIpc) is 2.61. The lowest BCUT2D eigenvalue weighted by Gasteiger charge is -2.18. The highest BCUT2D eigenvalue weighted by Gasteiger charge is 2.25. The van der Waals surface area contributed by atoms with Crippen LogP contribution in [0.25, 0.3) is 0 Å². The number of hydrogen-bond donors (Lipinski definition) is 2. The molecule has 0 saturated carbocycles. The van der Waals surface area contributed by atoms with E-state index < -0.39 is 22.0 Å². The fourth-order valence-corrected chi connectivity index (χ4v) is 4.02. The van der Waals surface area contributed by atoms with Crippen LogP contribution in [0.2, 0.25) is 5.02 Å². The van der Waals surface area contributed by atoms with E-state index in [1.54, 1.807) is 42.5 Å². The zero-order valence-electron chi connectivity index (χ0n) is 13.6. The van der Waals surface area contributed by atoms with E-state index in [2.05, 4.69) is 10.0 Å². The number of sulfonamides is 1. The number of carbonyl (C=O) groups is 1. The molecule has 0 aromatic heterocycles. The van der Waals surface area contributed by atoms with E-state index in [1.807, 2.05) is 6.26 Å². The minimum Gasteiger partial charge on any atom is -0.323 e. The summed E-state index contributed by atoms with van der Waals surface area (Å²) in [5, 5.41) is 3.08. The van der Waals surface area contributed by atoms with Gasteiger partial charge in [0.25, 0.3) is 0 Å². The Hall–Kier alpha value is -1.54. The number of nitrogens with one attached hydrogen (secondary N) is 2. The Morgan fingerprint density at radius 3 is 2.40 bits per heavy atom. The van der Waals surface area contributed by atoms with Gasteiger partial charge in [-0.25, -0.2) is 8.42 Å². The Kier molecular flexibility index (Phi) is 7.31. The number of rotatable bonds is 8. The van der Waals surface area contributed by atoms with Crippen molar-refractivity contribution in [1.29, 1.82) is 0 Å². The molecule has 2 N–H and O–H groups in total. The van der Waals surface area contributed by atoms with E-state index in [9.17, 15) is 13.2 Å². The predicted octanol–water partition coefficient (Wildman–Crippen LogP) is 3.38. The van der Waals surface area contributed by atoms with E-state index in [-0.39, 0.29) is 4.90 Å². The monoisotopic (exact) mass is 398 g/mol. The Bertz CT molecular complexity index is 814. The van der Waals surface area contributed by atoms with Crippen molar-refractivity contribution in [2.24, 2.45) is 0 Å². The van der Waals surface area contributed by atoms with Crippen LogP contribution in [0.1, 0.15) is 6.42 Å². The Balaban J connectivity index is 2.18. The summed E-state index contributed by atoms with van der Waals surface area (Å²) in [7, 11) is -3.79. The average molecular weight is 399 g/mol. The number of amides is 1. The van der Waals surface area contributed by atoms with Crippen molar-refractivity contribution >= 4 is 45.0 Å². The molecule has 1 amide bonds. The molecule has 0 fully saturated rings. The first-order valence-corrected chi connectivity index (χ1v) is 10.8. The standard InChI is InChI=1S/C17H19ClN2O3S2/c1-24-12-11-16(17(21)19-15-10-6-5-9-14(15)18)20-25(22,23)13-7-3-2-4-8-13/h2-10,16,20H,11-12H2,1H3,(H,19,21). The third kappa shape index (κ3) is 5.74. The van der Waals surface area contributed by atoms with Crippen molar-refractivity contribution in [2.75, 3.05) is 17.3 Å². The summed E-state index contributed by atoms with van der Waals surface area (Å²) in [5.41, 5.74) is 0.447. The summed E-state index contributed by atoms with van der Waals surface area (Å²) in [6.45, 7) is 0. The van der Waals surface area contributed by atoms with Gasteiger partial charge in [-0.1, -0.05) is 41.9 Å². The lowest BCUT2D eigenvalue weighted by Crippen LogP contribution is -2.44. The molecule has 134 valence electrons. The number of thioether (sulfide) groups is 1. The fourth-order valence-electron chi connectivity index (χ4n) is 2.12. The summed E-state index contributed by atoms with van der Waals surface area (Å²) in [6.07, 6.45) is 2.26. The number of halogens is 1. The largest absolute Gasteiger partial charge is 0.323 e. The van der Waals surface area contributed by atoms with Crippen LogP contribution >= 0.6 is 23.4 Å². The van der Waals surface area contributed by atoms with Crippen molar-refractivity contribution < 1.29 is 13.2 Å². The van der Waals surface area contributed by atoms with Gasteiger partial charge in [0, 0.05) is 0 Å². The second kappa shape index (κ2) is 9.24. The lowest BCUT2D eigenvalue weighted by atomic mass is 10.2. The van der Waals surface area contributed by atoms with E-state index in [1.165, 1.54) is 23.9 Å². The van der Waals surface area contributed by atoms with Crippen LogP contribution in [0.4, 0.5) is 5.69 Å². The minimum atomic E-state index is -3.79. The Morgan fingerprint density at radius 1 is 1.12 bits per heavy atom. The van der Waals surface area contributed by atoms with E-state index >= 15 is 0 Å². The third-order valence-corrected chi connectivity index (χ3v) is 5.87. The first-order valence-electron chi connectivity index (χ1n) is 7.56. The summed E-state index contributed by atoms with van der Waals surface area (Å²) in [5.74, 6) is 0.194. The van der Waals surface area contributed by atoms with Gasteiger partial charge in [-0.2, -0.15) is 16.5 Å². The van der Waals surface area contributed by atoms with Gasteiger partial charge >= 0.3 is 0 Å². The molecule has 0 heterocycles. The Morgan fingerprint density at radius 2 is 1.76 bits per heavy atom. The molecule has 2 aromatic carbocycles. The van der Waals surface area contributed by atoms with Crippen LogP contribution in [0.15, 0.2) is 59.5 Å². The van der Waals surface area contributed by atoms with Gasteiger partial charge in [-0.3, -0.25) is 4.79 Å². The minimum absolute atomic E-state index is 0.120. The zero-order valence-corrected chi connectivity index (χ0v) is 16.0. The second-order valence-corrected chi connectivity index (χ2v) is 8.34. The highest BCUT2D eigenvalue weighted by Crippen LogP contribution is 2.21. The van der Waals surface area contributed by atoms with E-state index in [0.717, 1.165) is 0 Å². The molecule has 2 aromatic rings. The smallest absolute Gasteiger partial charge is 0.242 e. The van der Waals surface area contributed by atoms with Gasteiger partial charge in [0.2, 0.25) is 15.9 Å². The van der Waals surface area contributed by atoms with Crippen LogP contribution in [0, 0.1) is 0 Å². The highest BCUT2D eigenvalue weighted by molar-refractivity contribution is 7.98. The van der Waals surface area contributed by atoms with Crippen LogP contribution in [0.5, 0.6) is 0 Å². The molecule has 0 saturated heterocycles. The molecule has 5 nitrogen and oxygen atoms in total. The van der Waals surface area contributed by atoms with Crippen LogP contribution in [-0.4, -0.2) is 32.4 Å². The van der Waals surface area contributed by atoms with Gasteiger partial charge in [-0.05, 0) is 42.7 Å². The molecule has 2 rings (SSSR count). The molecule has 0 aliphatic rings. The van der Waals surface area contributed by atoms with Gasteiger partial charge < -0.3 is 5.32 Å². The maximum atomic E-state index is 12.6. The SMILES string of the molecule is CSCCC(NS(=O)(=O)c1ccccc1)C(=O)Nc1ccccc1Cl. The van der Waals surface area contributed by atoms with Crippen LogP contribution in [-0.2, 0) is 14.8 Å².